The zero-order valence-electron chi connectivity index (χ0n) is 29.2. The van der Waals surface area contributed by atoms with Gasteiger partial charge in [0.25, 0.3) is 0 Å². The molecule has 3 aliphatic heterocycles. The lowest BCUT2D eigenvalue weighted by Crippen LogP contribution is -2.59. The summed E-state index contributed by atoms with van der Waals surface area (Å²) in [6.07, 6.45) is -3.68. The Bertz CT molecular complexity index is 1180. The number of ether oxygens (including phenoxy) is 5. The standard InChI is InChI=1S/C33H55N3O10/c1-12-21-33(8)23(22(28(34)35)30(41)46-33)17(4)24(37)15(2)14-32(7,42-11)27(18(5)25(38)19(6)29(40)44-21)45-31-26(39)20(36(9)10)13-16(3)43-31/h15-23,26-27,31,39H,12-14H2,1-11H3,(H3,34,35)/t15-,16-,17-,18+,19-,20+,21+,22-,23+,26-,27-,31?,32-,33+/m1/s1. The number of rotatable bonds is 6. The van der Waals surface area contributed by atoms with Gasteiger partial charge in [0.2, 0.25) is 0 Å². The minimum absolute atomic E-state index is 0.0868. The van der Waals surface area contributed by atoms with Crippen molar-refractivity contribution < 1.29 is 48.0 Å². The molecule has 13 heteroatoms. The average Bonchev–Trinajstić information content (AvgIpc) is 3.27. The van der Waals surface area contributed by atoms with Gasteiger partial charge in [0, 0.05) is 36.8 Å². The van der Waals surface area contributed by atoms with Crippen molar-refractivity contribution in [2.75, 3.05) is 21.2 Å². The molecule has 0 aliphatic carbocycles. The van der Waals surface area contributed by atoms with E-state index in [-0.39, 0.29) is 30.8 Å². The molecule has 1 unspecified atom stereocenters. The highest BCUT2D eigenvalue weighted by Gasteiger charge is 2.62. The first-order valence-corrected chi connectivity index (χ1v) is 16.3. The number of cyclic esters (lactones) is 1. The van der Waals surface area contributed by atoms with Crippen LogP contribution in [-0.2, 0) is 42.9 Å². The molecular weight excluding hydrogens is 598 g/mol. The van der Waals surface area contributed by atoms with Crippen molar-refractivity contribution in [1.82, 2.24) is 4.90 Å². The highest BCUT2D eigenvalue weighted by Crippen LogP contribution is 2.48. The van der Waals surface area contributed by atoms with Gasteiger partial charge >= 0.3 is 11.9 Å². The molecule has 0 amide bonds. The molecule has 13 nitrogen and oxygen atoms in total. The van der Waals surface area contributed by atoms with Gasteiger partial charge in [-0.05, 0) is 61.1 Å². The number of likely N-dealkylation sites (N-methyl/N-ethyl adjacent to an activating group) is 1. The number of ketones is 2. The molecule has 3 rings (SSSR count). The Kier molecular flexibility index (Phi) is 11.9. The molecule has 3 heterocycles. The molecule has 4 N–H and O–H groups in total. The number of fused-ring (bicyclic) bond motifs is 1. The van der Waals surface area contributed by atoms with Crippen LogP contribution in [0.1, 0.15) is 74.7 Å². The van der Waals surface area contributed by atoms with Crippen molar-refractivity contribution in [2.45, 2.75) is 123 Å². The van der Waals surface area contributed by atoms with Gasteiger partial charge in [-0.3, -0.25) is 24.6 Å². The molecule has 262 valence electrons. The van der Waals surface area contributed by atoms with Gasteiger partial charge in [0.1, 0.15) is 35.7 Å². The van der Waals surface area contributed by atoms with Crippen molar-refractivity contribution >= 4 is 29.3 Å². The van der Waals surface area contributed by atoms with E-state index in [0.29, 0.717) is 6.42 Å². The Morgan fingerprint density at radius 2 is 1.65 bits per heavy atom. The molecule has 0 aromatic carbocycles. The van der Waals surface area contributed by atoms with Gasteiger partial charge in [-0.15, -0.1) is 0 Å². The van der Waals surface area contributed by atoms with E-state index in [9.17, 15) is 24.3 Å². The lowest BCUT2D eigenvalue weighted by Gasteiger charge is -2.47. The van der Waals surface area contributed by atoms with Crippen LogP contribution in [0.25, 0.3) is 0 Å². The van der Waals surface area contributed by atoms with Crippen molar-refractivity contribution in [2.24, 2.45) is 41.2 Å². The van der Waals surface area contributed by atoms with Crippen LogP contribution in [0.5, 0.6) is 0 Å². The zero-order chi connectivity index (χ0) is 35.0. The summed E-state index contributed by atoms with van der Waals surface area (Å²) < 4.78 is 30.4. The molecule has 3 fully saturated rings. The lowest BCUT2D eigenvalue weighted by atomic mass is 9.67. The maximum absolute atomic E-state index is 14.2. The smallest absolute Gasteiger partial charge is 0.317 e. The third kappa shape index (κ3) is 7.03. The summed E-state index contributed by atoms with van der Waals surface area (Å²) in [4.78, 5) is 56.9. The monoisotopic (exact) mass is 653 g/mol. The quantitative estimate of drug-likeness (QED) is 0.164. The third-order valence-electron chi connectivity index (χ3n) is 10.7. The molecule has 0 aromatic rings. The maximum Gasteiger partial charge on any atom is 0.317 e. The van der Waals surface area contributed by atoms with Crippen LogP contribution in [0.4, 0.5) is 0 Å². The van der Waals surface area contributed by atoms with Crippen LogP contribution in [-0.4, -0.2) is 109 Å². The number of Topliss-reactive ketones (excluding diaryl/α,β-unsaturated/α-hetero) is 2. The molecule has 46 heavy (non-hydrogen) atoms. The summed E-state index contributed by atoms with van der Waals surface area (Å²) >= 11 is 0. The number of amidine groups is 1. The van der Waals surface area contributed by atoms with Crippen molar-refractivity contribution in [1.29, 1.82) is 5.41 Å². The number of nitrogens with two attached hydrogens (primary N) is 1. The van der Waals surface area contributed by atoms with Crippen LogP contribution in [0, 0.1) is 40.9 Å². The molecule has 3 aliphatic rings. The van der Waals surface area contributed by atoms with E-state index in [2.05, 4.69) is 0 Å². The van der Waals surface area contributed by atoms with Gasteiger partial charge in [0.05, 0.1) is 17.8 Å². The number of aliphatic hydroxyl groups excluding tert-OH is 1. The lowest BCUT2D eigenvalue weighted by molar-refractivity contribution is -0.295. The Morgan fingerprint density at radius 1 is 1.04 bits per heavy atom. The number of methoxy groups -OCH3 is 1. The number of carbonyl (C=O) groups is 4. The maximum atomic E-state index is 14.2. The van der Waals surface area contributed by atoms with Gasteiger partial charge in [-0.1, -0.05) is 27.7 Å². The minimum Gasteiger partial charge on any atom is -0.458 e. The van der Waals surface area contributed by atoms with Crippen LogP contribution in [0.2, 0.25) is 0 Å². The van der Waals surface area contributed by atoms with E-state index in [1.165, 1.54) is 14.0 Å². The van der Waals surface area contributed by atoms with E-state index in [4.69, 9.17) is 34.8 Å². The second-order valence-corrected chi connectivity index (χ2v) is 14.3. The predicted octanol–water partition coefficient (Wildman–Crippen LogP) is 2.09. The summed E-state index contributed by atoms with van der Waals surface area (Å²) in [7, 11) is 5.16. The minimum atomic E-state index is -1.49. The van der Waals surface area contributed by atoms with Gasteiger partial charge in [-0.2, -0.15) is 0 Å². The second-order valence-electron chi connectivity index (χ2n) is 14.3. The number of nitrogens with zero attached hydrogens (tertiary/aromatic N) is 1. The van der Waals surface area contributed by atoms with E-state index in [1.807, 2.05) is 25.9 Å². The predicted molar refractivity (Wildman–Crippen MR) is 168 cm³/mol. The Morgan fingerprint density at radius 3 is 2.17 bits per heavy atom. The zero-order valence-corrected chi connectivity index (χ0v) is 29.2. The first-order chi connectivity index (χ1) is 21.2. The number of carbonyl (C=O) groups excluding carboxylic acids is 4. The fourth-order valence-electron chi connectivity index (χ4n) is 7.96. The highest BCUT2D eigenvalue weighted by molar-refractivity contribution is 6.02. The molecule has 3 saturated heterocycles. The molecule has 0 aromatic heterocycles. The van der Waals surface area contributed by atoms with E-state index in [0.717, 1.165) is 0 Å². The van der Waals surface area contributed by atoms with Crippen LogP contribution in [0.15, 0.2) is 0 Å². The SMILES string of the molecule is CC[C@@H]1OC(=O)[C@H](C)C(=O)[C@H](C)[C@@H](OC2O[C@H](C)C[C@H](N(C)C)[C@H]2O)[C@](C)(OC)C[C@@H](C)C(=O)[C@H](C)[C@H]2[C@H](C(=N)N)C(=O)O[C@]21C. The molecule has 14 atom stereocenters. The Balaban J connectivity index is 2.15. The topological polar surface area (TPSA) is 188 Å². The van der Waals surface area contributed by atoms with Gasteiger partial charge in [0.15, 0.2) is 17.7 Å². The fraction of sp³-hybridized carbons (Fsp3) is 0.848. The normalized spacial score (nSPS) is 44.7. The molecule has 0 spiro atoms. The number of esters is 2. The van der Waals surface area contributed by atoms with Crippen LogP contribution in [0.3, 0.4) is 0 Å². The second kappa shape index (κ2) is 14.3. The van der Waals surface area contributed by atoms with Crippen molar-refractivity contribution in [3.63, 3.8) is 0 Å². The molecule has 0 radical (unpaired) electrons. The molecule has 0 bridgehead atoms. The summed E-state index contributed by atoms with van der Waals surface area (Å²) in [5.41, 5.74) is 3.12. The van der Waals surface area contributed by atoms with Crippen molar-refractivity contribution in [3.8, 4) is 0 Å². The fourth-order valence-corrected chi connectivity index (χ4v) is 7.96. The van der Waals surface area contributed by atoms with E-state index >= 15 is 0 Å². The summed E-state index contributed by atoms with van der Waals surface area (Å²) in [5.74, 6) is -8.68. The summed E-state index contributed by atoms with van der Waals surface area (Å²) in [5, 5.41) is 19.5. The number of hydrogen-bond acceptors (Lipinski definition) is 12. The molecule has 0 saturated carbocycles. The third-order valence-corrected chi connectivity index (χ3v) is 10.7. The van der Waals surface area contributed by atoms with Gasteiger partial charge in [-0.25, -0.2) is 0 Å². The number of hydrogen-bond donors (Lipinski definition) is 3. The Hall–Kier alpha value is -2.45. The molecular formula is C33H55N3O10. The van der Waals surface area contributed by atoms with Crippen LogP contribution < -0.4 is 5.73 Å². The largest absolute Gasteiger partial charge is 0.458 e. The summed E-state index contributed by atoms with van der Waals surface area (Å²) in [6.45, 7) is 13.4. The first kappa shape index (κ1) is 38.0. The van der Waals surface area contributed by atoms with E-state index < -0.39 is 94.9 Å². The van der Waals surface area contributed by atoms with Gasteiger partial charge < -0.3 is 39.4 Å². The summed E-state index contributed by atoms with van der Waals surface area (Å²) in [6, 6.07) is -0.284. The number of nitrogens with one attached hydrogen (secondary N) is 1. The number of aliphatic hydroxyl groups is 1. The van der Waals surface area contributed by atoms with Crippen molar-refractivity contribution in [3.05, 3.63) is 0 Å². The Labute approximate surface area is 272 Å². The highest BCUT2D eigenvalue weighted by atomic mass is 16.7. The van der Waals surface area contributed by atoms with E-state index in [1.54, 1.807) is 41.5 Å². The first-order valence-electron chi connectivity index (χ1n) is 16.3. The average molecular weight is 654 g/mol. The van der Waals surface area contributed by atoms with Crippen LogP contribution >= 0.6 is 0 Å².